The molecule has 0 unspecified atom stereocenters. The average Bonchev–Trinajstić information content (AvgIpc) is 3.28. The number of carboxylic acids is 1. The molecule has 8 nitrogen and oxygen atoms in total. The van der Waals surface area contributed by atoms with Gasteiger partial charge in [-0.05, 0) is 75.5 Å². The molecule has 0 aromatic carbocycles. The summed E-state index contributed by atoms with van der Waals surface area (Å²) < 4.78 is 5.36. The maximum atomic E-state index is 12.7. The lowest BCUT2D eigenvalue weighted by atomic mass is 9.81. The molecular formula is C25H38N4O4. The van der Waals surface area contributed by atoms with Crippen molar-refractivity contribution in [3.05, 3.63) is 23.4 Å². The molecule has 0 spiro atoms. The van der Waals surface area contributed by atoms with Crippen LogP contribution in [0, 0.1) is 11.3 Å². The molecular weight excluding hydrogens is 420 g/mol. The molecule has 0 bridgehead atoms. The van der Waals surface area contributed by atoms with Crippen molar-refractivity contribution in [2.45, 2.75) is 64.3 Å². The first kappa shape index (κ1) is 24.0. The van der Waals surface area contributed by atoms with Crippen molar-refractivity contribution in [3.8, 4) is 0 Å². The van der Waals surface area contributed by atoms with Gasteiger partial charge in [-0.15, -0.1) is 0 Å². The molecule has 1 aromatic rings. The number of aromatic nitrogens is 1. The van der Waals surface area contributed by atoms with Crippen LogP contribution in [0.25, 0.3) is 0 Å². The zero-order valence-corrected chi connectivity index (χ0v) is 19.8. The first-order valence-corrected chi connectivity index (χ1v) is 12.5. The van der Waals surface area contributed by atoms with Crippen LogP contribution in [0.2, 0.25) is 0 Å². The van der Waals surface area contributed by atoms with Gasteiger partial charge in [-0.25, -0.2) is 9.78 Å². The fraction of sp³-hybridized carbons (Fsp3) is 0.720. The highest BCUT2D eigenvalue weighted by atomic mass is 16.5. The smallest absolute Gasteiger partial charge is 0.326 e. The molecule has 1 aromatic heterocycles. The van der Waals surface area contributed by atoms with Gasteiger partial charge in [0.25, 0.3) is 0 Å². The molecule has 0 radical (unpaired) electrons. The quantitative estimate of drug-likeness (QED) is 0.522. The number of pyridine rings is 1. The molecule has 2 saturated heterocycles. The molecule has 3 N–H and O–H groups in total. The monoisotopic (exact) mass is 458 g/mol. The molecule has 33 heavy (non-hydrogen) atoms. The van der Waals surface area contributed by atoms with Crippen LogP contribution >= 0.6 is 0 Å². The predicted molar refractivity (Wildman–Crippen MR) is 126 cm³/mol. The molecule has 0 saturated carbocycles. The number of aryl methyl sites for hydroxylation is 2. The minimum Gasteiger partial charge on any atom is -0.480 e. The van der Waals surface area contributed by atoms with Gasteiger partial charge in [-0.1, -0.05) is 13.0 Å². The van der Waals surface area contributed by atoms with E-state index < -0.39 is 17.4 Å². The molecule has 1 amide bonds. The minimum absolute atomic E-state index is 0.162. The summed E-state index contributed by atoms with van der Waals surface area (Å²) >= 11 is 0. The summed E-state index contributed by atoms with van der Waals surface area (Å²) in [5.41, 5.74) is 1.94. The van der Waals surface area contributed by atoms with Crippen molar-refractivity contribution in [3.63, 3.8) is 0 Å². The maximum absolute atomic E-state index is 12.7. The highest BCUT2D eigenvalue weighted by Crippen LogP contribution is 2.30. The van der Waals surface area contributed by atoms with Gasteiger partial charge in [-0.2, -0.15) is 0 Å². The Morgan fingerprint density at radius 3 is 2.97 bits per heavy atom. The topological polar surface area (TPSA) is 104 Å². The summed E-state index contributed by atoms with van der Waals surface area (Å²) in [7, 11) is 0. The van der Waals surface area contributed by atoms with E-state index in [1.165, 1.54) is 12.0 Å². The molecule has 4 rings (SSSR count). The minimum atomic E-state index is -0.957. The number of hydrogen-bond acceptors (Lipinski definition) is 6. The van der Waals surface area contributed by atoms with Crippen LogP contribution in [0.3, 0.4) is 0 Å². The number of fused-ring (bicyclic) bond motifs is 1. The van der Waals surface area contributed by atoms with E-state index in [0.29, 0.717) is 44.9 Å². The van der Waals surface area contributed by atoms with Gasteiger partial charge in [0, 0.05) is 38.5 Å². The lowest BCUT2D eigenvalue weighted by molar-refractivity contribution is -0.145. The molecule has 3 aliphatic heterocycles. The van der Waals surface area contributed by atoms with Gasteiger partial charge in [0.15, 0.2) is 0 Å². The van der Waals surface area contributed by atoms with Crippen molar-refractivity contribution >= 4 is 17.7 Å². The lowest BCUT2D eigenvalue weighted by Crippen LogP contribution is -2.50. The maximum Gasteiger partial charge on any atom is 0.326 e. The highest BCUT2D eigenvalue weighted by molar-refractivity contribution is 5.87. The number of nitrogens with one attached hydrogen (secondary N) is 2. The molecule has 4 heterocycles. The third-order valence-corrected chi connectivity index (χ3v) is 7.61. The van der Waals surface area contributed by atoms with Crippen LogP contribution in [0.5, 0.6) is 0 Å². The number of carbonyl (C=O) groups excluding carboxylic acids is 1. The largest absolute Gasteiger partial charge is 0.480 e. The molecule has 2 atom stereocenters. The second-order valence-corrected chi connectivity index (χ2v) is 10.2. The first-order chi connectivity index (χ1) is 15.9. The summed E-state index contributed by atoms with van der Waals surface area (Å²) in [6.07, 6.45) is 7.18. The summed E-state index contributed by atoms with van der Waals surface area (Å²) in [5, 5.41) is 15.9. The number of ether oxygens (including phenoxy) is 1. The van der Waals surface area contributed by atoms with E-state index in [1.807, 2.05) is 6.92 Å². The second-order valence-electron chi connectivity index (χ2n) is 10.2. The number of nitrogens with zero attached hydrogens (tertiary/aromatic N) is 2. The number of hydrogen-bond donors (Lipinski definition) is 3. The zero-order chi connectivity index (χ0) is 23.3. The van der Waals surface area contributed by atoms with Gasteiger partial charge < -0.3 is 25.4 Å². The number of amides is 1. The summed E-state index contributed by atoms with van der Waals surface area (Å²) in [4.78, 5) is 31.7. The number of anilines is 1. The van der Waals surface area contributed by atoms with E-state index in [-0.39, 0.29) is 5.91 Å². The van der Waals surface area contributed by atoms with Gasteiger partial charge >= 0.3 is 5.97 Å². The standard InChI is InChI=1S/C25H38N4O4/c1-25(10-15-33-16-11-25)24(32)28-21(23(30)31)9-14-29-13-8-18(17-29)4-6-20-7-5-19-3-2-12-26-22(19)27-20/h5,7,18,21H,2-4,6,8-17H2,1H3,(H,26,27)(H,28,32)(H,30,31)/t18-,21+/m0/s1. The Morgan fingerprint density at radius 2 is 2.18 bits per heavy atom. The molecule has 3 aliphatic rings. The Morgan fingerprint density at radius 1 is 1.36 bits per heavy atom. The summed E-state index contributed by atoms with van der Waals surface area (Å²) in [6, 6.07) is 3.53. The van der Waals surface area contributed by atoms with E-state index in [4.69, 9.17) is 9.72 Å². The fourth-order valence-electron chi connectivity index (χ4n) is 5.16. The number of aliphatic carboxylic acids is 1. The number of carboxylic acid groups (broad SMARTS) is 1. The second kappa shape index (κ2) is 10.8. The van der Waals surface area contributed by atoms with E-state index in [0.717, 1.165) is 56.8 Å². The molecule has 8 heteroatoms. The lowest BCUT2D eigenvalue weighted by Gasteiger charge is -2.33. The molecule has 0 aliphatic carbocycles. The average molecular weight is 459 g/mol. The first-order valence-electron chi connectivity index (χ1n) is 12.5. The van der Waals surface area contributed by atoms with Crippen LogP contribution in [0.1, 0.15) is 56.7 Å². The van der Waals surface area contributed by atoms with Gasteiger partial charge in [0.1, 0.15) is 11.9 Å². The number of likely N-dealkylation sites (tertiary alicyclic amines) is 1. The summed E-state index contributed by atoms with van der Waals surface area (Å²) in [6.45, 7) is 6.67. The van der Waals surface area contributed by atoms with E-state index >= 15 is 0 Å². The van der Waals surface area contributed by atoms with Crippen molar-refractivity contribution in [1.82, 2.24) is 15.2 Å². The third-order valence-electron chi connectivity index (χ3n) is 7.61. The normalized spacial score (nSPS) is 23.4. The molecule has 2 fully saturated rings. The predicted octanol–water partition coefficient (Wildman–Crippen LogP) is 2.47. The highest BCUT2D eigenvalue weighted by Gasteiger charge is 2.37. The number of carbonyl (C=O) groups is 2. The van der Waals surface area contributed by atoms with E-state index in [9.17, 15) is 14.7 Å². The Labute approximate surface area is 196 Å². The molecule has 182 valence electrons. The van der Waals surface area contributed by atoms with Gasteiger partial charge in [0.2, 0.25) is 5.91 Å². The van der Waals surface area contributed by atoms with Crippen LogP contribution in [-0.2, 0) is 27.2 Å². The van der Waals surface area contributed by atoms with E-state index in [1.54, 1.807) is 0 Å². The van der Waals surface area contributed by atoms with Crippen molar-refractivity contribution in [2.24, 2.45) is 11.3 Å². The van der Waals surface area contributed by atoms with Crippen LogP contribution in [-0.4, -0.2) is 72.3 Å². The Hall–Kier alpha value is -2.19. The Bertz CT molecular complexity index is 840. The van der Waals surface area contributed by atoms with Crippen LogP contribution in [0.15, 0.2) is 12.1 Å². The van der Waals surface area contributed by atoms with Gasteiger partial charge in [0.05, 0.1) is 5.41 Å². The van der Waals surface area contributed by atoms with Gasteiger partial charge in [-0.3, -0.25) is 4.79 Å². The van der Waals surface area contributed by atoms with E-state index in [2.05, 4.69) is 27.7 Å². The van der Waals surface area contributed by atoms with Crippen molar-refractivity contribution < 1.29 is 19.4 Å². The van der Waals surface area contributed by atoms with Crippen LogP contribution in [0.4, 0.5) is 5.82 Å². The SMILES string of the molecule is CC1(C(=O)N[C@H](CCN2CC[C@H](CCc3ccc4c(n3)NCCC4)C2)C(=O)O)CCOCC1. The Kier molecular flexibility index (Phi) is 7.86. The number of rotatable bonds is 9. The fourth-order valence-corrected chi connectivity index (χ4v) is 5.16. The summed E-state index contributed by atoms with van der Waals surface area (Å²) in [5.74, 6) is 0.546. The van der Waals surface area contributed by atoms with Crippen LogP contribution < -0.4 is 10.6 Å². The third kappa shape index (κ3) is 6.23. The van der Waals surface area contributed by atoms with Crippen molar-refractivity contribution in [1.29, 1.82) is 0 Å². The Balaban J connectivity index is 1.21. The van der Waals surface area contributed by atoms with Crippen molar-refractivity contribution in [2.75, 3.05) is 44.7 Å². The zero-order valence-electron chi connectivity index (χ0n) is 19.8.